The van der Waals surface area contributed by atoms with Crippen molar-refractivity contribution in [3.8, 4) is 0 Å². The van der Waals surface area contributed by atoms with E-state index in [1.807, 2.05) is 6.92 Å². The Morgan fingerprint density at radius 3 is 1.75 bits per heavy atom. The summed E-state index contributed by atoms with van der Waals surface area (Å²) in [4.78, 5) is 50.1. The Hall–Kier alpha value is -2.20. The summed E-state index contributed by atoms with van der Waals surface area (Å²) in [6, 6.07) is -0.776. The van der Waals surface area contributed by atoms with Crippen LogP contribution in [0.25, 0.3) is 0 Å². The van der Waals surface area contributed by atoms with Gasteiger partial charge in [-0.2, -0.15) is 4.90 Å². The summed E-state index contributed by atoms with van der Waals surface area (Å²) in [5.74, 6) is -1.73. The Bertz CT molecular complexity index is 639. The van der Waals surface area contributed by atoms with Gasteiger partial charge in [-0.3, -0.25) is 10.5 Å². The molecule has 5 N–H and O–H groups in total. The molecule has 0 aliphatic rings. The third-order valence-electron chi connectivity index (χ3n) is 4.43. The molecule has 0 aliphatic carbocycles. The molecule has 0 aromatic carbocycles. The minimum absolute atomic E-state index is 0.0889. The molecule has 10 nitrogen and oxygen atoms in total. The maximum atomic E-state index is 12.8. The molecule has 0 aliphatic heterocycles. The van der Waals surface area contributed by atoms with E-state index in [4.69, 9.17) is 20.9 Å². The molecule has 2 atom stereocenters. The first-order chi connectivity index (χ1) is 14.4. The molecule has 0 aromatic rings. The summed E-state index contributed by atoms with van der Waals surface area (Å²) in [7, 11) is 0. The fourth-order valence-electron chi connectivity index (χ4n) is 2.82. The summed E-state index contributed by atoms with van der Waals surface area (Å²) in [5, 5.41) is 9.83. The molecule has 0 heterocycles. The highest BCUT2D eigenvalue weighted by molar-refractivity contribution is 5.95. The summed E-state index contributed by atoms with van der Waals surface area (Å²) < 4.78 is 10.4. The molecule has 0 fully saturated rings. The van der Waals surface area contributed by atoms with Crippen LogP contribution in [0.5, 0.6) is 0 Å². The molecular formula is C22H41N3O7. The maximum absolute atomic E-state index is 12.8. The number of unbranched alkanes of at least 4 members (excludes halogenated alkanes) is 2. The Labute approximate surface area is 191 Å². The number of Topliss-reactive ketones (excluding diaryl/α,β-unsaturated/α-hetero) is 1. The first-order valence-corrected chi connectivity index (χ1v) is 11.0. The topological polar surface area (TPSA) is 162 Å². The van der Waals surface area contributed by atoms with Crippen LogP contribution in [0, 0.1) is 0 Å². The predicted octanol–water partition coefficient (Wildman–Crippen LogP) is 3.55. The van der Waals surface area contributed by atoms with Gasteiger partial charge in [-0.25, -0.2) is 14.4 Å². The van der Waals surface area contributed by atoms with Gasteiger partial charge in [0.25, 0.3) is 0 Å². The molecule has 2 amide bonds. The number of hydrogen-bond acceptors (Lipinski definition) is 8. The Morgan fingerprint density at radius 1 is 0.906 bits per heavy atom. The molecule has 0 bridgehead atoms. The van der Waals surface area contributed by atoms with Crippen LogP contribution in [-0.2, 0) is 19.1 Å². The SMILES string of the molecule is CCCCCC(=O)C(N)CCCC(N)(C(=O)O)N(C(=O)OC(C)(C)C)C(=O)OC(C)(C)C. The highest BCUT2D eigenvalue weighted by Gasteiger charge is 2.50. The van der Waals surface area contributed by atoms with E-state index in [1.165, 1.54) is 0 Å². The van der Waals surface area contributed by atoms with Crippen molar-refractivity contribution < 1.29 is 33.8 Å². The number of carbonyl (C=O) groups excluding carboxylic acids is 3. The Balaban J connectivity index is 5.60. The van der Waals surface area contributed by atoms with Crippen LogP contribution in [-0.4, -0.2) is 56.9 Å². The first-order valence-electron chi connectivity index (χ1n) is 11.0. The first kappa shape index (κ1) is 29.8. The van der Waals surface area contributed by atoms with Crippen LogP contribution in [0.4, 0.5) is 9.59 Å². The summed E-state index contributed by atoms with van der Waals surface area (Å²) in [5.41, 5.74) is 7.55. The number of carboxylic acids is 1. The summed E-state index contributed by atoms with van der Waals surface area (Å²) >= 11 is 0. The zero-order valence-electron chi connectivity index (χ0n) is 20.5. The van der Waals surface area contributed by atoms with Crippen molar-refractivity contribution in [2.45, 2.75) is 116 Å². The van der Waals surface area contributed by atoms with Crippen molar-refractivity contribution in [2.75, 3.05) is 0 Å². The lowest BCUT2D eigenvalue weighted by atomic mass is 9.96. The van der Waals surface area contributed by atoms with E-state index < -0.39 is 41.1 Å². The second kappa shape index (κ2) is 12.2. The van der Waals surface area contributed by atoms with Crippen molar-refractivity contribution in [3.63, 3.8) is 0 Å². The van der Waals surface area contributed by atoms with E-state index in [0.29, 0.717) is 11.3 Å². The number of carboxylic acid groups (broad SMARTS) is 1. The van der Waals surface area contributed by atoms with Crippen LogP contribution in [0.3, 0.4) is 0 Å². The zero-order chi connectivity index (χ0) is 25.3. The molecule has 0 saturated heterocycles. The highest BCUT2D eigenvalue weighted by atomic mass is 16.6. The molecule has 0 rings (SSSR count). The van der Waals surface area contributed by atoms with Crippen LogP contribution >= 0.6 is 0 Å². The minimum Gasteiger partial charge on any atom is -0.478 e. The zero-order valence-corrected chi connectivity index (χ0v) is 20.5. The van der Waals surface area contributed by atoms with Gasteiger partial charge in [-0.1, -0.05) is 19.8 Å². The summed E-state index contributed by atoms with van der Waals surface area (Å²) in [6.07, 6.45) is 0.420. The van der Waals surface area contributed by atoms with Gasteiger partial charge in [0.15, 0.2) is 0 Å². The van der Waals surface area contributed by atoms with Gasteiger partial charge in [0.1, 0.15) is 17.0 Å². The highest BCUT2D eigenvalue weighted by Crippen LogP contribution is 2.25. The van der Waals surface area contributed by atoms with Crippen molar-refractivity contribution in [3.05, 3.63) is 0 Å². The Morgan fingerprint density at radius 2 is 1.38 bits per heavy atom. The van der Waals surface area contributed by atoms with E-state index in [9.17, 15) is 24.3 Å². The molecule has 2 unspecified atom stereocenters. The number of ketones is 1. The van der Waals surface area contributed by atoms with Crippen LogP contribution in [0.15, 0.2) is 0 Å². The average molecular weight is 460 g/mol. The second-order valence-electron chi connectivity index (χ2n) is 9.95. The van der Waals surface area contributed by atoms with Gasteiger partial charge in [-0.15, -0.1) is 0 Å². The lowest BCUT2D eigenvalue weighted by Crippen LogP contribution is -2.66. The van der Waals surface area contributed by atoms with E-state index in [0.717, 1.165) is 19.3 Å². The fraction of sp³-hybridized carbons (Fsp3) is 0.818. The van der Waals surface area contributed by atoms with Gasteiger partial charge >= 0.3 is 18.2 Å². The molecule has 32 heavy (non-hydrogen) atoms. The number of ether oxygens (including phenoxy) is 2. The van der Waals surface area contributed by atoms with Gasteiger partial charge < -0.3 is 20.3 Å². The normalized spacial score (nSPS) is 14.8. The predicted molar refractivity (Wildman–Crippen MR) is 120 cm³/mol. The minimum atomic E-state index is -2.45. The number of aliphatic carboxylic acids is 1. The molecule has 0 saturated carbocycles. The third-order valence-corrected chi connectivity index (χ3v) is 4.43. The van der Waals surface area contributed by atoms with Gasteiger partial charge in [0.05, 0.1) is 6.04 Å². The number of hydrogen-bond donors (Lipinski definition) is 3. The maximum Gasteiger partial charge on any atom is 0.421 e. The molecule has 186 valence electrons. The van der Waals surface area contributed by atoms with E-state index in [2.05, 4.69) is 0 Å². The fourth-order valence-corrected chi connectivity index (χ4v) is 2.82. The standard InChI is InChI=1S/C22H41N3O7/c1-8-9-10-13-16(26)15(23)12-11-14-22(24,17(27)28)25(18(29)31-20(2,3)4)19(30)32-21(5,6)7/h15H,8-14,23-24H2,1-7H3,(H,27,28). The van der Waals surface area contributed by atoms with E-state index >= 15 is 0 Å². The average Bonchev–Trinajstić information content (AvgIpc) is 2.58. The molecular weight excluding hydrogens is 418 g/mol. The summed E-state index contributed by atoms with van der Waals surface area (Å²) in [6.45, 7) is 11.4. The van der Waals surface area contributed by atoms with Crippen molar-refractivity contribution in [1.82, 2.24) is 4.90 Å². The number of nitrogens with two attached hydrogens (primary N) is 2. The Kier molecular flexibility index (Phi) is 11.3. The van der Waals surface area contributed by atoms with Crippen LogP contribution in [0.2, 0.25) is 0 Å². The largest absolute Gasteiger partial charge is 0.478 e. The molecule has 10 heteroatoms. The van der Waals surface area contributed by atoms with E-state index in [1.54, 1.807) is 41.5 Å². The van der Waals surface area contributed by atoms with Crippen LogP contribution in [0.1, 0.15) is 93.4 Å². The van der Waals surface area contributed by atoms with Gasteiger partial charge in [0.2, 0.25) is 5.66 Å². The molecule has 0 spiro atoms. The number of amides is 2. The number of rotatable bonds is 11. The lowest BCUT2D eigenvalue weighted by molar-refractivity contribution is -0.151. The number of nitrogens with zero attached hydrogens (tertiary/aromatic N) is 1. The smallest absolute Gasteiger partial charge is 0.421 e. The van der Waals surface area contributed by atoms with Gasteiger partial charge in [-0.05, 0) is 67.2 Å². The van der Waals surface area contributed by atoms with Crippen molar-refractivity contribution in [2.24, 2.45) is 11.5 Å². The van der Waals surface area contributed by atoms with Crippen molar-refractivity contribution >= 4 is 23.9 Å². The molecule has 0 aromatic heterocycles. The van der Waals surface area contributed by atoms with E-state index in [-0.39, 0.29) is 25.0 Å². The van der Waals surface area contributed by atoms with Gasteiger partial charge in [0, 0.05) is 6.42 Å². The number of imide groups is 1. The van der Waals surface area contributed by atoms with Crippen molar-refractivity contribution in [1.29, 1.82) is 0 Å². The third kappa shape index (κ3) is 10.4. The monoisotopic (exact) mass is 459 g/mol. The number of carbonyl (C=O) groups is 4. The lowest BCUT2D eigenvalue weighted by Gasteiger charge is -2.37. The quantitative estimate of drug-likeness (QED) is 0.310. The second-order valence-corrected chi connectivity index (χ2v) is 9.95. The van der Waals surface area contributed by atoms with Crippen LogP contribution < -0.4 is 11.5 Å². The molecule has 0 radical (unpaired) electrons.